The van der Waals surface area contributed by atoms with Gasteiger partial charge < -0.3 is 5.11 Å². The van der Waals surface area contributed by atoms with Gasteiger partial charge in [-0.1, -0.05) is 85.0 Å². The van der Waals surface area contributed by atoms with Crippen LogP contribution in [0, 0.1) is 11.8 Å². The summed E-state index contributed by atoms with van der Waals surface area (Å²) in [6.07, 6.45) is 14.0. The molecule has 2 heteroatoms. The Balaban J connectivity index is 3.30. The van der Waals surface area contributed by atoms with Gasteiger partial charge in [0.1, 0.15) is 0 Å². The van der Waals surface area contributed by atoms with E-state index in [2.05, 4.69) is 13.8 Å². The fourth-order valence-electron chi connectivity index (χ4n) is 2.48. The van der Waals surface area contributed by atoms with Crippen LogP contribution in [0.25, 0.3) is 0 Å². The largest absolute Gasteiger partial charge is 0.481 e. The average Bonchev–Trinajstić information content (AvgIpc) is 2.38. The average molecular weight is 270 g/mol. The molecule has 1 N–H and O–H groups in total. The van der Waals surface area contributed by atoms with Gasteiger partial charge in [-0.2, -0.15) is 0 Å². The maximum Gasteiger partial charge on any atom is 0.306 e. The Kier molecular flexibility index (Phi) is 12.2. The van der Waals surface area contributed by atoms with Crippen LogP contribution < -0.4 is 0 Å². The van der Waals surface area contributed by atoms with Gasteiger partial charge in [-0.25, -0.2) is 0 Å². The molecule has 0 aliphatic carbocycles. The zero-order valence-corrected chi connectivity index (χ0v) is 13.3. The van der Waals surface area contributed by atoms with E-state index in [-0.39, 0.29) is 5.92 Å². The van der Waals surface area contributed by atoms with Gasteiger partial charge >= 0.3 is 5.97 Å². The van der Waals surface area contributed by atoms with E-state index in [0.29, 0.717) is 0 Å². The smallest absolute Gasteiger partial charge is 0.306 e. The van der Waals surface area contributed by atoms with Crippen molar-refractivity contribution in [3.8, 4) is 0 Å². The SMILES string of the molecule is CCCCCCCC[C@H](C)CCCC[C@H](C)C(=O)O. The molecule has 0 spiro atoms. The van der Waals surface area contributed by atoms with Gasteiger partial charge in [-0.3, -0.25) is 4.79 Å². The van der Waals surface area contributed by atoms with Gasteiger partial charge in [0.05, 0.1) is 5.92 Å². The summed E-state index contributed by atoms with van der Waals surface area (Å²) in [5.74, 6) is -0.0136. The summed E-state index contributed by atoms with van der Waals surface area (Å²) in [4.78, 5) is 10.7. The summed E-state index contributed by atoms with van der Waals surface area (Å²) in [6.45, 7) is 6.40. The Bertz CT molecular complexity index is 213. The molecule has 0 bridgehead atoms. The standard InChI is InChI=1S/C17H34O2/c1-4-5-6-7-8-9-12-15(2)13-10-11-14-16(3)17(18)19/h15-16H,4-14H2,1-3H3,(H,18,19)/t15-,16-/m0/s1. The third-order valence-corrected chi connectivity index (χ3v) is 4.06. The Morgan fingerprint density at radius 3 is 1.89 bits per heavy atom. The maximum atomic E-state index is 10.7. The molecule has 0 saturated heterocycles. The first-order valence-electron chi connectivity index (χ1n) is 8.30. The fraction of sp³-hybridized carbons (Fsp3) is 0.941. The van der Waals surface area contributed by atoms with Gasteiger partial charge in [0, 0.05) is 0 Å². The second kappa shape index (κ2) is 12.5. The van der Waals surface area contributed by atoms with Crippen LogP contribution in [0.5, 0.6) is 0 Å². The lowest BCUT2D eigenvalue weighted by Crippen LogP contribution is -2.09. The number of hydrogen-bond acceptors (Lipinski definition) is 1. The highest BCUT2D eigenvalue weighted by atomic mass is 16.4. The van der Waals surface area contributed by atoms with E-state index in [1.54, 1.807) is 0 Å². The summed E-state index contributed by atoms with van der Waals surface area (Å²) in [5.41, 5.74) is 0. The van der Waals surface area contributed by atoms with Crippen molar-refractivity contribution in [2.75, 3.05) is 0 Å². The molecule has 0 aromatic carbocycles. The zero-order valence-electron chi connectivity index (χ0n) is 13.3. The summed E-state index contributed by atoms with van der Waals surface area (Å²) in [5, 5.41) is 8.80. The lowest BCUT2D eigenvalue weighted by Gasteiger charge is -2.11. The van der Waals surface area contributed by atoms with Crippen LogP contribution in [0.3, 0.4) is 0 Å². The first kappa shape index (κ1) is 18.5. The minimum absolute atomic E-state index is 0.172. The summed E-state index contributed by atoms with van der Waals surface area (Å²) in [6, 6.07) is 0. The molecule has 0 aliphatic heterocycles. The van der Waals surface area contributed by atoms with E-state index in [4.69, 9.17) is 5.11 Å². The zero-order chi connectivity index (χ0) is 14.5. The first-order chi connectivity index (χ1) is 9.07. The van der Waals surface area contributed by atoms with Crippen LogP contribution in [0.1, 0.15) is 91.4 Å². The van der Waals surface area contributed by atoms with Crippen molar-refractivity contribution in [3.05, 3.63) is 0 Å². The molecule has 0 saturated carbocycles. The molecule has 0 radical (unpaired) electrons. The van der Waals surface area contributed by atoms with Crippen molar-refractivity contribution in [3.63, 3.8) is 0 Å². The molecular formula is C17H34O2. The predicted molar refractivity (Wildman–Crippen MR) is 82.4 cm³/mol. The molecule has 19 heavy (non-hydrogen) atoms. The third kappa shape index (κ3) is 12.3. The summed E-state index contributed by atoms with van der Waals surface area (Å²) in [7, 11) is 0. The Hall–Kier alpha value is -0.530. The van der Waals surface area contributed by atoms with Crippen molar-refractivity contribution in [2.45, 2.75) is 91.4 Å². The molecule has 2 atom stereocenters. The normalized spacial score (nSPS) is 14.3. The molecule has 0 heterocycles. The van der Waals surface area contributed by atoms with E-state index in [9.17, 15) is 4.79 Å². The Morgan fingerprint density at radius 1 is 0.842 bits per heavy atom. The fourth-order valence-corrected chi connectivity index (χ4v) is 2.48. The van der Waals surface area contributed by atoms with E-state index in [1.165, 1.54) is 57.8 Å². The van der Waals surface area contributed by atoms with Gasteiger partial charge in [0.2, 0.25) is 0 Å². The summed E-state index contributed by atoms with van der Waals surface area (Å²) >= 11 is 0. The second-order valence-corrected chi connectivity index (χ2v) is 6.19. The number of aliphatic carboxylic acids is 1. The lowest BCUT2D eigenvalue weighted by atomic mass is 9.95. The van der Waals surface area contributed by atoms with Crippen LogP contribution in [0.2, 0.25) is 0 Å². The lowest BCUT2D eigenvalue weighted by molar-refractivity contribution is -0.141. The minimum atomic E-state index is -0.653. The number of unbranched alkanes of at least 4 members (excludes halogenated alkanes) is 6. The van der Waals surface area contributed by atoms with Gasteiger partial charge in [-0.15, -0.1) is 0 Å². The van der Waals surface area contributed by atoms with Crippen molar-refractivity contribution < 1.29 is 9.90 Å². The predicted octanol–water partition coefficient (Wildman–Crippen LogP) is 5.65. The molecule has 0 aliphatic rings. The molecule has 2 nitrogen and oxygen atoms in total. The van der Waals surface area contributed by atoms with E-state index >= 15 is 0 Å². The van der Waals surface area contributed by atoms with E-state index in [1.807, 2.05) is 6.92 Å². The number of carbonyl (C=O) groups is 1. The highest BCUT2D eigenvalue weighted by Crippen LogP contribution is 2.18. The molecule has 0 unspecified atom stereocenters. The Morgan fingerprint density at radius 2 is 1.32 bits per heavy atom. The minimum Gasteiger partial charge on any atom is -0.481 e. The molecule has 114 valence electrons. The van der Waals surface area contributed by atoms with Gasteiger partial charge in [0.15, 0.2) is 0 Å². The Labute approximate surface area is 120 Å². The van der Waals surface area contributed by atoms with Crippen LogP contribution in [0.15, 0.2) is 0 Å². The van der Waals surface area contributed by atoms with Gasteiger partial charge in [-0.05, 0) is 12.3 Å². The topological polar surface area (TPSA) is 37.3 Å². The number of rotatable bonds is 13. The summed E-state index contributed by atoms with van der Waals surface area (Å²) < 4.78 is 0. The van der Waals surface area contributed by atoms with Crippen molar-refractivity contribution in [1.29, 1.82) is 0 Å². The highest BCUT2D eigenvalue weighted by Gasteiger charge is 2.10. The first-order valence-corrected chi connectivity index (χ1v) is 8.30. The van der Waals surface area contributed by atoms with Crippen LogP contribution in [-0.2, 0) is 4.79 Å². The molecule has 0 rings (SSSR count). The van der Waals surface area contributed by atoms with Crippen LogP contribution in [0.4, 0.5) is 0 Å². The van der Waals surface area contributed by atoms with E-state index in [0.717, 1.165) is 18.8 Å². The van der Waals surface area contributed by atoms with E-state index < -0.39 is 5.97 Å². The molecule has 0 aromatic rings. The van der Waals surface area contributed by atoms with Gasteiger partial charge in [0.25, 0.3) is 0 Å². The van der Waals surface area contributed by atoms with Crippen molar-refractivity contribution >= 4 is 5.97 Å². The molecule has 0 fully saturated rings. The second-order valence-electron chi connectivity index (χ2n) is 6.19. The van der Waals surface area contributed by atoms with Crippen molar-refractivity contribution in [2.24, 2.45) is 11.8 Å². The van der Waals surface area contributed by atoms with Crippen LogP contribution >= 0.6 is 0 Å². The van der Waals surface area contributed by atoms with Crippen molar-refractivity contribution in [1.82, 2.24) is 0 Å². The molecule has 0 amide bonds. The quantitative estimate of drug-likeness (QED) is 0.439. The maximum absolute atomic E-state index is 10.7. The number of carboxylic acids is 1. The highest BCUT2D eigenvalue weighted by molar-refractivity contribution is 5.69. The number of hydrogen-bond donors (Lipinski definition) is 1. The van der Waals surface area contributed by atoms with Crippen LogP contribution in [-0.4, -0.2) is 11.1 Å². The number of carboxylic acid groups (broad SMARTS) is 1. The monoisotopic (exact) mass is 270 g/mol. The molecular weight excluding hydrogens is 236 g/mol. The molecule has 0 aromatic heterocycles. The third-order valence-electron chi connectivity index (χ3n) is 4.06.